The van der Waals surface area contributed by atoms with Gasteiger partial charge in [-0.1, -0.05) is 36.4 Å². The molecular formula is C16H15NO2. The van der Waals surface area contributed by atoms with Crippen molar-refractivity contribution in [2.45, 2.75) is 19.9 Å². The Morgan fingerprint density at radius 3 is 2.42 bits per heavy atom. The van der Waals surface area contributed by atoms with E-state index in [0.29, 0.717) is 5.58 Å². The second-order valence-electron chi connectivity index (χ2n) is 4.88. The van der Waals surface area contributed by atoms with Crippen molar-refractivity contribution in [1.29, 1.82) is 0 Å². The van der Waals surface area contributed by atoms with Gasteiger partial charge in [-0.25, -0.2) is 4.79 Å². The number of hydrogen-bond acceptors (Lipinski definition) is 2. The SMILES string of the molecule is CC(C)n1c(=O)oc2ccc(-c3ccccc3)cc21. The summed E-state index contributed by atoms with van der Waals surface area (Å²) >= 11 is 0. The Labute approximate surface area is 111 Å². The van der Waals surface area contributed by atoms with E-state index in [-0.39, 0.29) is 11.8 Å². The number of hydrogen-bond donors (Lipinski definition) is 0. The van der Waals surface area contributed by atoms with Gasteiger partial charge in [-0.15, -0.1) is 0 Å². The third kappa shape index (κ3) is 1.97. The number of aromatic nitrogens is 1. The summed E-state index contributed by atoms with van der Waals surface area (Å²) in [5.74, 6) is -0.296. The maximum atomic E-state index is 11.8. The third-order valence-corrected chi connectivity index (χ3v) is 3.24. The molecule has 0 aliphatic heterocycles. The molecule has 0 fully saturated rings. The standard InChI is InChI=1S/C16H15NO2/c1-11(2)17-14-10-13(12-6-4-3-5-7-12)8-9-15(14)19-16(17)18/h3-11H,1-2H3. The molecule has 1 heterocycles. The average Bonchev–Trinajstić information content (AvgIpc) is 2.74. The first-order valence-corrected chi connectivity index (χ1v) is 6.37. The molecule has 3 nitrogen and oxygen atoms in total. The monoisotopic (exact) mass is 253 g/mol. The third-order valence-electron chi connectivity index (χ3n) is 3.24. The van der Waals surface area contributed by atoms with E-state index in [1.807, 2.05) is 50.2 Å². The van der Waals surface area contributed by atoms with E-state index in [0.717, 1.165) is 16.6 Å². The highest BCUT2D eigenvalue weighted by atomic mass is 16.4. The van der Waals surface area contributed by atoms with Crippen molar-refractivity contribution >= 4 is 11.1 Å². The molecule has 0 atom stereocenters. The smallest absolute Gasteiger partial charge is 0.408 e. The Morgan fingerprint density at radius 1 is 1.00 bits per heavy atom. The number of benzene rings is 2. The van der Waals surface area contributed by atoms with Gasteiger partial charge in [0.2, 0.25) is 0 Å². The molecular weight excluding hydrogens is 238 g/mol. The minimum atomic E-state index is -0.296. The summed E-state index contributed by atoms with van der Waals surface area (Å²) in [7, 11) is 0. The summed E-state index contributed by atoms with van der Waals surface area (Å²) < 4.78 is 6.94. The molecule has 0 amide bonds. The van der Waals surface area contributed by atoms with Crippen LogP contribution in [0.3, 0.4) is 0 Å². The summed E-state index contributed by atoms with van der Waals surface area (Å²) in [4.78, 5) is 11.8. The molecule has 0 saturated carbocycles. The van der Waals surface area contributed by atoms with Gasteiger partial charge in [-0.3, -0.25) is 4.57 Å². The Bertz CT molecular complexity index is 766. The van der Waals surface area contributed by atoms with Gasteiger partial charge in [0.05, 0.1) is 5.52 Å². The molecule has 0 aliphatic rings. The van der Waals surface area contributed by atoms with Crippen molar-refractivity contribution in [3.8, 4) is 11.1 Å². The Morgan fingerprint density at radius 2 is 1.74 bits per heavy atom. The van der Waals surface area contributed by atoms with Crippen LogP contribution in [0.25, 0.3) is 22.2 Å². The van der Waals surface area contributed by atoms with E-state index in [9.17, 15) is 4.79 Å². The van der Waals surface area contributed by atoms with Crippen LogP contribution in [0.2, 0.25) is 0 Å². The summed E-state index contributed by atoms with van der Waals surface area (Å²) in [5, 5.41) is 0. The van der Waals surface area contributed by atoms with Crippen molar-refractivity contribution in [3.63, 3.8) is 0 Å². The van der Waals surface area contributed by atoms with E-state index in [4.69, 9.17) is 4.42 Å². The normalized spacial score (nSPS) is 11.3. The van der Waals surface area contributed by atoms with Crippen molar-refractivity contribution in [1.82, 2.24) is 4.57 Å². The zero-order valence-corrected chi connectivity index (χ0v) is 11.0. The summed E-state index contributed by atoms with van der Waals surface area (Å²) in [6.07, 6.45) is 0. The highest BCUT2D eigenvalue weighted by molar-refractivity contribution is 5.80. The molecule has 96 valence electrons. The first-order valence-electron chi connectivity index (χ1n) is 6.37. The number of fused-ring (bicyclic) bond motifs is 1. The molecule has 0 N–H and O–H groups in total. The van der Waals surface area contributed by atoms with Crippen LogP contribution in [0.5, 0.6) is 0 Å². The first-order chi connectivity index (χ1) is 9.16. The number of nitrogens with zero attached hydrogens (tertiary/aromatic N) is 1. The summed E-state index contributed by atoms with van der Waals surface area (Å²) in [6, 6.07) is 16.0. The zero-order chi connectivity index (χ0) is 13.4. The van der Waals surface area contributed by atoms with Gasteiger partial charge in [0, 0.05) is 6.04 Å². The molecule has 3 aromatic rings. The van der Waals surface area contributed by atoms with E-state index >= 15 is 0 Å². The Balaban J connectivity index is 2.26. The molecule has 0 spiro atoms. The second kappa shape index (κ2) is 4.43. The van der Waals surface area contributed by atoms with Crippen molar-refractivity contribution in [2.24, 2.45) is 0 Å². The van der Waals surface area contributed by atoms with Crippen LogP contribution in [0.1, 0.15) is 19.9 Å². The highest BCUT2D eigenvalue weighted by Crippen LogP contribution is 2.25. The number of rotatable bonds is 2. The Kier molecular flexibility index (Phi) is 2.75. The maximum Gasteiger partial charge on any atom is 0.420 e. The maximum absolute atomic E-state index is 11.8. The van der Waals surface area contributed by atoms with E-state index in [2.05, 4.69) is 12.1 Å². The number of oxazole rings is 1. The van der Waals surface area contributed by atoms with E-state index in [1.54, 1.807) is 4.57 Å². The van der Waals surface area contributed by atoms with Crippen LogP contribution in [-0.4, -0.2) is 4.57 Å². The largest absolute Gasteiger partial charge is 0.420 e. The lowest BCUT2D eigenvalue weighted by Crippen LogP contribution is -2.15. The molecule has 2 aromatic carbocycles. The molecule has 0 aliphatic carbocycles. The topological polar surface area (TPSA) is 35.1 Å². The van der Waals surface area contributed by atoms with Crippen molar-refractivity contribution in [2.75, 3.05) is 0 Å². The van der Waals surface area contributed by atoms with Gasteiger partial charge in [0.15, 0.2) is 5.58 Å². The predicted octanol–water partition coefficient (Wildman–Crippen LogP) is 3.84. The zero-order valence-electron chi connectivity index (χ0n) is 11.0. The Hall–Kier alpha value is -2.29. The first kappa shape index (κ1) is 11.8. The van der Waals surface area contributed by atoms with E-state index in [1.165, 1.54) is 0 Å². The van der Waals surface area contributed by atoms with Crippen LogP contribution in [0, 0.1) is 0 Å². The van der Waals surface area contributed by atoms with Crippen molar-refractivity contribution in [3.05, 3.63) is 59.1 Å². The molecule has 0 bridgehead atoms. The highest BCUT2D eigenvalue weighted by Gasteiger charge is 2.12. The lowest BCUT2D eigenvalue weighted by atomic mass is 10.1. The van der Waals surface area contributed by atoms with Crippen LogP contribution >= 0.6 is 0 Å². The van der Waals surface area contributed by atoms with Gasteiger partial charge in [0.25, 0.3) is 0 Å². The van der Waals surface area contributed by atoms with Crippen LogP contribution in [0.4, 0.5) is 0 Å². The fourth-order valence-electron chi connectivity index (χ4n) is 2.33. The van der Waals surface area contributed by atoms with Gasteiger partial charge in [0.1, 0.15) is 0 Å². The summed E-state index contributed by atoms with van der Waals surface area (Å²) in [6.45, 7) is 3.96. The molecule has 0 radical (unpaired) electrons. The quantitative estimate of drug-likeness (QED) is 0.695. The average molecular weight is 253 g/mol. The molecule has 0 unspecified atom stereocenters. The summed E-state index contributed by atoms with van der Waals surface area (Å²) in [5.41, 5.74) is 3.70. The minimum Gasteiger partial charge on any atom is -0.408 e. The van der Waals surface area contributed by atoms with Crippen molar-refractivity contribution < 1.29 is 4.42 Å². The molecule has 1 aromatic heterocycles. The second-order valence-corrected chi connectivity index (χ2v) is 4.88. The molecule has 3 heteroatoms. The molecule has 0 saturated heterocycles. The fraction of sp³-hybridized carbons (Fsp3) is 0.188. The van der Waals surface area contributed by atoms with Gasteiger partial charge in [-0.05, 0) is 37.1 Å². The van der Waals surface area contributed by atoms with E-state index < -0.39 is 0 Å². The van der Waals surface area contributed by atoms with Crippen LogP contribution in [0.15, 0.2) is 57.7 Å². The lowest BCUT2D eigenvalue weighted by Gasteiger charge is -2.06. The lowest BCUT2D eigenvalue weighted by molar-refractivity contribution is 0.478. The van der Waals surface area contributed by atoms with Crippen LogP contribution in [-0.2, 0) is 0 Å². The minimum absolute atomic E-state index is 0.0831. The fourth-order valence-corrected chi connectivity index (χ4v) is 2.33. The van der Waals surface area contributed by atoms with Crippen LogP contribution < -0.4 is 5.76 Å². The van der Waals surface area contributed by atoms with Gasteiger partial charge in [-0.2, -0.15) is 0 Å². The molecule has 19 heavy (non-hydrogen) atoms. The van der Waals surface area contributed by atoms with Gasteiger partial charge < -0.3 is 4.42 Å². The van der Waals surface area contributed by atoms with Gasteiger partial charge >= 0.3 is 5.76 Å². The predicted molar refractivity (Wildman–Crippen MR) is 76.3 cm³/mol. The molecule has 3 rings (SSSR count).